The molecule has 0 aliphatic carbocycles. The molecule has 3 aromatic rings. The third kappa shape index (κ3) is 4.62. The van der Waals surface area contributed by atoms with Crippen LogP contribution in [0.4, 0.5) is 10.5 Å². The van der Waals surface area contributed by atoms with E-state index in [4.69, 9.17) is 4.74 Å². The summed E-state index contributed by atoms with van der Waals surface area (Å²) in [6.45, 7) is 1.48. The molecular weight excluding hydrogens is 424 g/mol. The summed E-state index contributed by atoms with van der Waals surface area (Å²) in [7, 11) is 1.31. The van der Waals surface area contributed by atoms with Gasteiger partial charge in [0.25, 0.3) is 5.91 Å². The highest BCUT2D eigenvalue weighted by atomic mass is 16.5. The molecule has 1 aromatic heterocycles. The van der Waals surface area contributed by atoms with Gasteiger partial charge in [-0.1, -0.05) is 30.3 Å². The first kappa shape index (κ1) is 21.8. The second kappa shape index (κ2) is 8.99. The molecule has 1 aliphatic heterocycles. The molecule has 0 atom stereocenters. The van der Waals surface area contributed by atoms with Gasteiger partial charge in [-0.3, -0.25) is 14.4 Å². The number of fused-ring (bicyclic) bond motifs is 1. The van der Waals surface area contributed by atoms with Crippen molar-refractivity contribution < 1.29 is 23.9 Å². The number of carbonyl (C=O) groups is 4. The number of hydrogen-bond donors (Lipinski definition) is 2. The number of para-hydroxylation sites is 1. The van der Waals surface area contributed by atoms with Crippen LogP contribution in [0.15, 0.2) is 60.4 Å². The molecule has 2 N–H and O–H groups in total. The number of nitrogens with one attached hydrogen (secondary N) is 2. The summed E-state index contributed by atoms with van der Waals surface area (Å²) in [5.41, 5.74) is 3.02. The summed E-state index contributed by atoms with van der Waals surface area (Å²) in [6, 6.07) is 13.9. The lowest BCUT2D eigenvalue weighted by molar-refractivity contribution is -0.141. The number of nitrogens with zero attached hydrogens (tertiary/aromatic N) is 2. The normalized spacial score (nSPS) is 14.6. The Kier molecular flexibility index (Phi) is 5.95. The van der Waals surface area contributed by atoms with E-state index in [1.165, 1.54) is 13.2 Å². The van der Waals surface area contributed by atoms with Gasteiger partial charge >= 0.3 is 12.0 Å². The number of methoxy groups -OCH3 is 1. The molecule has 9 heteroatoms. The number of aromatic nitrogens is 1. The second-order valence-electron chi connectivity index (χ2n) is 7.60. The largest absolute Gasteiger partial charge is 0.468 e. The number of hydrogen-bond acceptors (Lipinski definition) is 5. The van der Waals surface area contributed by atoms with Crippen LogP contribution < -0.4 is 10.6 Å². The minimum absolute atomic E-state index is 0.00570. The molecule has 1 saturated heterocycles. The molecule has 33 heavy (non-hydrogen) atoms. The zero-order valence-corrected chi connectivity index (χ0v) is 18.1. The molecule has 2 aromatic carbocycles. The highest BCUT2D eigenvalue weighted by Crippen LogP contribution is 2.25. The van der Waals surface area contributed by atoms with Gasteiger partial charge in [0.15, 0.2) is 0 Å². The van der Waals surface area contributed by atoms with Crippen LogP contribution in [0, 0.1) is 6.92 Å². The standard InChI is InChI=1S/C24H22N4O5/c1-15-6-5-7-17(10-15)25-21(29)13-28-23(31)19(26-24(28)32)11-16-12-27(14-22(30)33-2)20-9-4-3-8-18(16)20/h3-12H,13-14H2,1-2H3,(H,25,29)(H,26,32)/b19-11+. The van der Waals surface area contributed by atoms with Crippen LogP contribution in [-0.2, 0) is 25.7 Å². The van der Waals surface area contributed by atoms with E-state index in [0.29, 0.717) is 11.3 Å². The van der Waals surface area contributed by atoms with Crippen LogP contribution >= 0.6 is 0 Å². The first-order valence-corrected chi connectivity index (χ1v) is 10.2. The maximum Gasteiger partial charge on any atom is 0.329 e. The Morgan fingerprint density at radius 2 is 1.88 bits per heavy atom. The monoisotopic (exact) mass is 446 g/mol. The number of urea groups is 1. The predicted octanol–water partition coefficient (Wildman–Crippen LogP) is 2.65. The zero-order valence-electron chi connectivity index (χ0n) is 18.1. The van der Waals surface area contributed by atoms with Gasteiger partial charge in [-0.15, -0.1) is 0 Å². The van der Waals surface area contributed by atoms with Crippen LogP contribution in [0.3, 0.4) is 0 Å². The summed E-state index contributed by atoms with van der Waals surface area (Å²) < 4.78 is 6.46. The van der Waals surface area contributed by atoms with Crippen LogP contribution in [0.2, 0.25) is 0 Å². The molecule has 4 rings (SSSR count). The first-order chi connectivity index (χ1) is 15.9. The fourth-order valence-electron chi connectivity index (χ4n) is 3.66. The lowest BCUT2D eigenvalue weighted by Crippen LogP contribution is -2.38. The SMILES string of the molecule is COC(=O)Cn1cc(/C=C2/NC(=O)N(CC(=O)Nc3cccc(C)c3)C2=O)c2ccccc21. The molecule has 0 radical (unpaired) electrons. The van der Waals surface area contributed by atoms with Crippen molar-refractivity contribution in [1.82, 2.24) is 14.8 Å². The van der Waals surface area contributed by atoms with E-state index in [-0.39, 0.29) is 12.2 Å². The van der Waals surface area contributed by atoms with Gasteiger partial charge in [0.1, 0.15) is 18.8 Å². The van der Waals surface area contributed by atoms with Crippen molar-refractivity contribution >= 4 is 46.5 Å². The number of amides is 4. The Morgan fingerprint density at radius 1 is 1.09 bits per heavy atom. The van der Waals surface area contributed by atoms with Crippen molar-refractivity contribution in [3.8, 4) is 0 Å². The zero-order chi connectivity index (χ0) is 23.5. The minimum atomic E-state index is -0.677. The van der Waals surface area contributed by atoms with E-state index < -0.39 is 30.4 Å². The van der Waals surface area contributed by atoms with Gasteiger partial charge in [0.2, 0.25) is 5.91 Å². The van der Waals surface area contributed by atoms with E-state index >= 15 is 0 Å². The minimum Gasteiger partial charge on any atom is -0.468 e. The average molecular weight is 446 g/mol. The van der Waals surface area contributed by atoms with Gasteiger partial charge < -0.3 is 19.9 Å². The van der Waals surface area contributed by atoms with Gasteiger partial charge in [-0.2, -0.15) is 0 Å². The summed E-state index contributed by atoms with van der Waals surface area (Å²) in [5, 5.41) is 6.01. The number of anilines is 1. The van der Waals surface area contributed by atoms with Crippen LogP contribution in [0.5, 0.6) is 0 Å². The van der Waals surface area contributed by atoms with Crippen molar-refractivity contribution in [2.75, 3.05) is 19.0 Å². The summed E-state index contributed by atoms with van der Waals surface area (Å²) >= 11 is 0. The van der Waals surface area contributed by atoms with Gasteiger partial charge in [0.05, 0.1) is 7.11 Å². The molecule has 1 fully saturated rings. The molecule has 1 aliphatic rings. The van der Waals surface area contributed by atoms with E-state index in [0.717, 1.165) is 21.4 Å². The number of benzene rings is 2. The van der Waals surface area contributed by atoms with Crippen LogP contribution in [0.25, 0.3) is 17.0 Å². The van der Waals surface area contributed by atoms with Crippen molar-refractivity contribution in [3.63, 3.8) is 0 Å². The van der Waals surface area contributed by atoms with E-state index in [9.17, 15) is 19.2 Å². The van der Waals surface area contributed by atoms with Gasteiger partial charge in [-0.25, -0.2) is 9.69 Å². The fourth-order valence-corrected chi connectivity index (χ4v) is 3.66. The molecule has 0 spiro atoms. The fraction of sp³-hybridized carbons (Fsp3) is 0.167. The molecule has 0 saturated carbocycles. The Balaban J connectivity index is 1.55. The Labute approximate surface area is 189 Å². The number of rotatable bonds is 6. The van der Waals surface area contributed by atoms with Crippen molar-refractivity contribution in [3.05, 3.63) is 71.6 Å². The van der Waals surface area contributed by atoms with E-state index in [1.807, 2.05) is 37.3 Å². The Hall–Kier alpha value is -4.40. The first-order valence-electron chi connectivity index (χ1n) is 10.2. The lowest BCUT2D eigenvalue weighted by Gasteiger charge is -2.12. The third-order valence-electron chi connectivity index (χ3n) is 5.21. The number of carbonyl (C=O) groups excluding carboxylic acids is 4. The molecule has 4 amide bonds. The summed E-state index contributed by atoms with van der Waals surface area (Å²) in [5.74, 6) is -1.50. The predicted molar refractivity (Wildman–Crippen MR) is 122 cm³/mol. The Morgan fingerprint density at radius 3 is 2.64 bits per heavy atom. The quantitative estimate of drug-likeness (QED) is 0.344. The summed E-state index contributed by atoms with van der Waals surface area (Å²) in [4.78, 5) is 50.2. The average Bonchev–Trinajstić information content (AvgIpc) is 3.26. The van der Waals surface area contributed by atoms with Crippen molar-refractivity contribution in [2.24, 2.45) is 0 Å². The van der Waals surface area contributed by atoms with Gasteiger partial charge in [-0.05, 0) is 36.8 Å². The molecule has 0 bridgehead atoms. The smallest absolute Gasteiger partial charge is 0.329 e. The maximum absolute atomic E-state index is 12.8. The molecule has 0 unspecified atom stereocenters. The van der Waals surface area contributed by atoms with E-state index in [1.54, 1.807) is 29.0 Å². The number of imide groups is 1. The lowest BCUT2D eigenvalue weighted by atomic mass is 10.1. The van der Waals surface area contributed by atoms with Gasteiger partial charge in [0, 0.05) is 28.4 Å². The highest BCUT2D eigenvalue weighted by molar-refractivity contribution is 6.16. The number of esters is 1. The van der Waals surface area contributed by atoms with E-state index in [2.05, 4.69) is 10.6 Å². The van der Waals surface area contributed by atoms with Crippen molar-refractivity contribution in [2.45, 2.75) is 13.5 Å². The Bertz CT molecular complexity index is 1310. The van der Waals surface area contributed by atoms with Crippen molar-refractivity contribution in [1.29, 1.82) is 0 Å². The molecule has 9 nitrogen and oxygen atoms in total. The van der Waals surface area contributed by atoms with Crippen LogP contribution in [0.1, 0.15) is 11.1 Å². The highest BCUT2D eigenvalue weighted by Gasteiger charge is 2.35. The number of ether oxygens (including phenoxy) is 1. The summed E-state index contributed by atoms with van der Waals surface area (Å²) in [6.07, 6.45) is 3.25. The topological polar surface area (TPSA) is 110 Å². The maximum atomic E-state index is 12.8. The second-order valence-corrected chi connectivity index (χ2v) is 7.60. The number of aryl methyl sites for hydroxylation is 1. The third-order valence-corrected chi connectivity index (χ3v) is 5.21. The molecule has 168 valence electrons. The van der Waals surface area contributed by atoms with Crippen LogP contribution in [-0.4, -0.2) is 46.9 Å². The molecule has 2 heterocycles. The molecular formula is C24H22N4O5.